The highest BCUT2D eigenvalue weighted by atomic mass is 15.0. The van der Waals surface area contributed by atoms with Crippen LogP contribution in [-0.2, 0) is 5.41 Å². The van der Waals surface area contributed by atoms with Crippen molar-refractivity contribution in [2.75, 3.05) is 7.05 Å². The average molecular weight is 288 g/mol. The van der Waals surface area contributed by atoms with Gasteiger partial charge in [-0.25, -0.2) is 0 Å². The molecule has 0 fully saturated rings. The minimum Gasteiger partial charge on any atom is -0.198 e. The molecule has 0 aliphatic carbocycles. The Morgan fingerprint density at radius 1 is 0.818 bits per heavy atom. The standard InChI is InChI=1S/C21H22N/c1-21(2)18-14-8-9-15-19(18)22(3)20(21)16-10-7-13-17-11-5-4-6-12-17/h4-16H,1-3H3/q+1/b13-7-,16-10-. The molecule has 0 saturated heterocycles. The van der Waals surface area contributed by atoms with Crippen molar-refractivity contribution in [2.24, 2.45) is 0 Å². The first-order valence-electron chi connectivity index (χ1n) is 7.71. The van der Waals surface area contributed by atoms with Gasteiger partial charge in [0.1, 0.15) is 7.05 Å². The molecular formula is C21H22N+. The van der Waals surface area contributed by atoms with Gasteiger partial charge in [-0.3, -0.25) is 0 Å². The Balaban J connectivity index is 1.85. The van der Waals surface area contributed by atoms with Gasteiger partial charge in [0.15, 0.2) is 5.71 Å². The Bertz CT molecular complexity index is 762. The van der Waals surface area contributed by atoms with Crippen molar-refractivity contribution in [2.45, 2.75) is 19.3 Å². The van der Waals surface area contributed by atoms with Gasteiger partial charge in [-0.2, -0.15) is 4.58 Å². The molecule has 0 atom stereocenters. The molecule has 0 amide bonds. The van der Waals surface area contributed by atoms with Crippen LogP contribution in [0.4, 0.5) is 5.69 Å². The molecule has 0 spiro atoms. The number of allylic oxidation sites excluding steroid dienone is 3. The second-order valence-electron chi connectivity index (χ2n) is 6.22. The highest BCUT2D eigenvalue weighted by Crippen LogP contribution is 2.38. The summed E-state index contributed by atoms with van der Waals surface area (Å²) in [5, 5.41) is 0. The highest BCUT2D eigenvalue weighted by molar-refractivity contribution is 6.03. The lowest BCUT2D eigenvalue weighted by Crippen LogP contribution is -2.26. The molecule has 1 nitrogen and oxygen atoms in total. The lowest BCUT2D eigenvalue weighted by atomic mass is 9.81. The van der Waals surface area contributed by atoms with Crippen molar-refractivity contribution in [1.29, 1.82) is 0 Å². The lowest BCUT2D eigenvalue weighted by molar-refractivity contribution is -0.401. The summed E-state index contributed by atoms with van der Waals surface area (Å²) < 4.78 is 2.29. The largest absolute Gasteiger partial charge is 0.209 e. The van der Waals surface area contributed by atoms with Crippen LogP contribution in [0.1, 0.15) is 25.0 Å². The van der Waals surface area contributed by atoms with E-state index in [1.54, 1.807) is 0 Å². The van der Waals surface area contributed by atoms with Crippen LogP contribution in [0.15, 0.2) is 72.8 Å². The predicted octanol–water partition coefficient (Wildman–Crippen LogP) is 4.96. The number of hydrogen-bond donors (Lipinski definition) is 0. The molecule has 1 aliphatic rings. The molecule has 2 aromatic rings. The molecule has 0 bridgehead atoms. The highest BCUT2D eigenvalue weighted by Gasteiger charge is 2.42. The van der Waals surface area contributed by atoms with E-state index in [2.05, 4.69) is 98.3 Å². The van der Waals surface area contributed by atoms with Gasteiger partial charge >= 0.3 is 0 Å². The van der Waals surface area contributed by atoms with E-state index in [9.17, 15) is 0 Å². The topological polar surface area (TPSA) is 3.01 Å². The summed E-state index contributed by atoms with van der Waals surface area (Å²) in [6, 6.07) is 19.0. The summed E-state index contributed by atoms with van der Waals surface area (Å²) in [4.78, 5) is 0. The Morgan fingerprint density at radius 2 is 1.45 bits per heavy atom. The maximum Gasteiger partial charge on any atom is 0.209 e. The molecule has 3 rings (SSSR count). The van der Waals surface area contributed by atoms with Gasteiger partial charge in [-0.1, -0.05) is 66.8 Å². The van der Waals surface area contributed by atoms with Gasteiger partial charge in [0.25, 0.3) is 0 Å². The maximum absolute atomic E-state index is 2.29. The van der Waals surface area contributed by atoms with Crippen LogP contribution >= 0.6 is 0 Å². The second-order valence-corrected chi connectivity index (χ2v) is 6.22. The van der Waals surface area contributed by atoms with Gasteiger partial charge in [-0.15, -0.1) is 0 Å². The quantitative estimate of drug-likeness (QED) is 0.554. The SMILES string of the molecule is C[N+]1=C(/C=C\C=C/c2ccccc2)C(C)(C)c2ccccc21. The molecule has 1 heteroatoms. The molecule has 0 N–H and O–H groups in total. The van der Waals surface area contributed by atoms with Gasteiger partial charge in [-0.05, 0) is 19.4 Å². The molecule has 110 valence electrons. The monoisotopic (exact) mass is 288 g/mol. The first kappa shape index (κ1) is 14.5. The van der Waals surface area contributed by atoms with Gasteiger partial charge in [0.2, 0.25) is 5.69 Å². The molecule has 0 aromatic heterocycles. The van der Waals surface area contributed by atoms with Crippen molar-refractivity contribution in [1.82, 2.24) is 0 Å². The van der Waals surface area contributed by atoms with E-state index in [-0.39, 0.29) is 5.41 Å². The fraction of sp³-hybridized carbons (Fsp3) is 0.190. The summed E-state index contributed by atoms with van der Waals surface area (Å²) in [7, 11) is 2.15. The smallest absolute Gasteiger partial charge is 0.198 e. The first-order valence-corrected chi connectivity index (χ1v) is 7.71. The van der Waals surface area contributed by atoms with E-state index in [0.717, 1.165) is 0 Å². The third-order valence-electron chi connectivity index (χ3n) is 4.39. The number of benzene rings is 2. The van der Waals surface area contributed by atoms with Crippen molar-refractivity contribution < 1.29 is 4.58 Å². The molecule has 0 unspecified atom stereocenters. The molecule has 0 saturated carbocycles. The number of hydrogen-bond acceptors (Lipinski definition) is 0. The Morgan fingerprint density at radius 3 is 2.18 bits per heavy atom. The number of nitrogens with zero attached hydrogens (tertiary/aromatic N) is 1. The first-order chi connectivity index (χ1) is 10.6. The number of fused-ring (bicyclic) bond motifs is 1. The summed E-state index contributed by atoms with van der Waals surface area (Å²) in [6.07, 6.45) is 8.59. The molecule has 1 heterocycles. The third-order valence-corrected chi connectivity index (χ3v) is 4.39. The normalized spacial score (nSPS) is 16.7. The summed E-state index contributed by atoms with van der Waals surface area (Å²) in [6.45, 7) is 4.58. The van der Waals surface area contributed by atoms with Gasteiger partial charge < -0.3 is 0 Å². The molecule has 22 heavy (non-hydrogen) atoms. The number of rotatable bonds is 3. The third kappa shape index (κ3) is 2.55. The van der Waals surface area contributed by atoms with Crippen LogP contribution in [-0.4, -0.2) is 17.3 Å². The average Bonchev–Trinajstić information content (AvgIpc) is 2.73. The summed E-state index contributed by atoms with van der Waals surface area (Å²) in [5.41, 5.74) is 5.29. The van der Waals surface area contributed by atoms with Crippen molar-refractivity contribution >= 4 is 17.5 Å². The zero-order chi connectivity index (χ0) is 15.6. The van der Waals surface area contributed by atoms with E-state index >= 15 is 0 Å². The van der Waals surface area contributed by atoms with Crippen LogP contribution in [0.5, 0.6) is 0 Å². The zero-order valence-electron chi connectivity index (χ0n) is 13.5. The van der Waals surface area contributed by atoms with E-state index in [1.807, 2.05) is 6.07 Å². The maximum atomic E-state index is 2.29. The Labute approximate surface area is 132 Å². The predicted molar refractivity (Wildman–Crippen MR) is 94.9 cm³/mol. The van der Waals surface area contributed by atoms with Crippen LogP contribution in [0, 0.1) is 0 Å². The number of para-hydroxylation sites is 1. The summed E-state index contributed by atoms with van der Waals surface area (Å²) >= 11 is 0. The Kier molecular flexibility index (Phi) is 3.81. The van der Waals surface area contributed by atoms with Crippen LogP contribution in [0.25, 0.3) is 6.08 Å². The molecule has 0 radical (unpaired) electrons. The summed E-state index contributed by atoms with van der Waals surface area (Å²) in [5.74, 6) is 0. The van der Waals surface area contributed by atoms with Crippen LogP contribution < -0.4 is 0 Å². The fourth-order valence-electron chi connectivity index (χ4n) is 3.18. The van der Waals surface area contributed by atoms with E-state index < -0.39 is 0 Å². The molecule has 2 aromatic carbocycles. The lowest BCUT2D eigenvalue weighted by Gasteiger charge is -2.14. The van der Waals surface area contributed by atoms with Crippen LogP contribution in [0.3, 0.4) is 0 Å². The Hall–Kier alpha value is -2.41. The van der Waals surface area contributed by atoms with E-state index in [0.29, 0.717) is 0 Å². The van der Waals surface area contributed by atoms with E-state index in [1.165, 1.54) is 22.5 Å². The van der Waals surface area contributed by atoms with Crippen molar-refractivity contribution in [3.8, 4) is 0 Å². The minimum atomic E-state index is 0.0441. The zero-order valence-corrected chi connectivity index (χ0v) is 13.5. The van der Waals surface area contributed by atoms with Gasteiger partial charge in [0, 0.05) is 17.7 Å². The minimum absolute atomic E-state index is 0.0441. The molecular weight excluding hydrogens is 266 g/mol. The van der Waals surface area contributed by atoms with Crippen LogP contribution in [0.2, 0.25) is 0 Å². The van der Waals surface area contributed by atoms with E-state index in [4.69, 9.17) is 0 Å². The fourth-order valence-corrected chi connectivity index (χ4v) is 3.18. The molecule has 1 aliphatic heterocycles. The van der Waals surface area contributed by atoms with Crippen molar-refractivity contribution in [3.63, 3.8) is 0 Å². The second kappa shape index (κ2) is 5.76. The van der Waals surface area contributed by atoms with Crippen molar-refractivity contribution in [3.05, 3.63) is 84.0 Å². The van der Waals surface area contributed by atoms with Gasteiger partial charge in [0.05, 0.1) is 5.41 Å².